The van der Waals surface area contributed by atoms with Gasteiger partial charge in [-0.2, -0.15) is 0 Å². The lowest BCUT2D eigenvalue weighted by atomic mass is 9.95. The molecule has 1 saturated heterocycles. The number of hydrogen-bond donors (Lipinski definition) is 1. The summed E-state index contributed by atoms with van der Waals surface area (Å²) in [4.78, 5) is 17.5. The number of H-pyrrole nitrogens is 1. The Balaban J connectivity index is 1.39. The second-order valence-electron chi connectivity index (χ2n) is 7.56. The Hall–Kier alpha value is -2.40. The number of imidazole rings is 1. The van der Waals surface area contributed by atoms with Gasteiger partial charge in [-0.15, -0.1) is 0 Å². The van der Waals surface area contributed by atoms with Gasteiger partial charge in [0, 0.05) is 31.6 Å². The zero-order valence-electron chi connectivity index (χ0n) is 15.6. The van der Waals surface area contributed by atoms with Crippen molar-refractivity contribution in [2.45, 2.75) is 37.9 Å². The van der Waals surface area contributed by atoms with Crippen LogP contribution in [-0.4, -0.2) is 40.3 Å². The summed E-state index contributed by atoms with van der Waals surface area (Å²) in [6.45, 7) is 4.04. The van der Waals surface area contributed by atoms with Crippen LogP contribution in [0, 0.1) is 0 Å². The zero-order chi connectivity index (χ0) is 18.8. The number of aromatic nitrogens is 2. The highest BCUT2D eigenvalue weighted by atomic mass is 19.1. The third kappa shape index (κ3) is 3.69. The smallest absolute Gasteiger partial charge is 0.306 e. The van der Waals surface area contributed by atoms with E-state index >= 15 is 0 Å². The Labute approximate surface area is 158 Å². The molecular weight excluding hydrogens is 341 g/mol. The van der Waals surface area contributed by atoms with Crippen LogP contribution in [0.2, 0.25) is 0 Å². The number of nitrogens with one attached hydrogen (secondary N) is 1. The Bertz CT molecular complexity index is 941. The van der Waals surface area contributed by atoms with Crippen molar-refractivity contribution in [1.29, 1.82) is 0 Å². The van der Waals surface area contributed by atoms with E-state index in [9.17, 15) is 9.18 Å². The van der Waals surface area contributed by atoms with E-state index in [-0.39, 0.29) is 17.6 Å². The Kier molecular flexibility index (Phi) is 5.12. The summed E-state index contributed by atoms with van der Waals surface area (Å²) in [6, 6.07) is 17.8. The summed E-state index contributed by atoms with van der Waals surface area (Å²) in [5.41, 5.74) is 2.84. The summed E-state index contributed by atoms with van der Waals surface area (Å²) >= 11 is 0. The van der Waals surface area contributed by atoms with Gasteiger partial charge in [0.1, 0.15) is 6.17 Å². The zero-order valence-corrected chi connectivity index (χ0v) is 15.6. The fraction of sp³-hybridized carbons (Fsp3) is 0.409. The van der Waals surface area contributed by atoms with E-state index in [2.05, 4.69) is 9.88 Å². The number of rotatable bonds is 5. The molecule has 0 saturated carbocycles. The summed E-state index contributed by atoms with van der Waals surface area (Å²) in [6.07, 6.45) is 0.849. The molecule has 1 aliphatic heterocycles. The number of para-hydroxylation sites is 2. The van der Waals surface area contributed by atoms with E-state index in [0.29, 0.717) is 6.54 Å². The molecule has 1 N–H and O–H groups in total. The molecular formula is C22H26FN3O. The van der Waals surface area contributed by atoms with Gasteiger partial charge in [0.2, 0.25) is 0 Å². The van der Waals surface area contributed by atoms with Crippen molar-refractivity contribution < 1.29 is 4.39 Å². The largest absolute Gasteiger partial charge is 0.326 e. The first kappa shape index (κ1) is 18.0. The number of halogens is 1. The van der Waals surface area contributed by atoms with E-state index < -0.39 is 6.17 Å². The monoisotopic (exact) mass is 367 g/mol. The van der Waals surface area contributed by atoms with Crippen LogP contribution in [0.15, 0.2) is 59.4 Å². The minimum Gasteiger partial charge on any atom is -0.306 e. The van der Waals surface area contributed by atoms with Crippen molar-refractivity contribution in [3.05, 3.63) is 70.6 Å². The first-order valence-electron chi connectivity index (χ1n) is 9.74. The first-order valence-corrected chi connectivity index (χ1v) is 9.74. The molecule has 0 bridgehead atoms. The van der Waals surface area contributed by atoms with Gasteiger partial charge in [0.25, 0.3) is 0 Å². The van der Waals surface area contributed by atoms with Crippen LogP contribution in [0.5, 0.6) is 0 Å². The molecule has 27 heavy (non-hydrogen) atoms. The molecule has 2 atom stereocenters. The highest BCUT2D eigenvalue weighted by Gasteiger charge is 2.27. The minimum absolute atomic E-state index is 0.0456. The third-order valence-corrected chi connectivity index (χ3v) is 5.85. The molecule has 1 aromatic heterocycles. The predicted octanol–water partition coefficient (Wildman–Crippen LogP) is 4.11. The fourth-order valence-corrected chi connectivity index (χ4v) is 4.17. The maximum absolute atomic E-state index is 14.8. The van der Waals surface area contributed by atoms with Gasteiger partial charge in [0.15, 0.2) is 0 Å². The van der Waals surface area contributed by atoms with E-state index in [1.54, 1.807) is 0 Å². The second-order valence-corrected chi connectivity index (χ2v) is 7.56. The number of alkyl halides is 1. The number of likely N-dealkylation sites (tertiary alicyclic amines) is 1. The molecule has 2 heterocycles. The fourth-order valence-electron chi connectivity index (χ4n) is 4.17. The van der Waals surface area contributed by atoms with Gasteiger partial charge in [-0.3, -0.25) is 4.57 Å². The Morgan fingerprint density at radius 2 is 1.74 bits per heavy atom. The average molecular weight is 367 g/mol. The number of nitrogens with zero attached hydrogens (tertiary/aromatic N) is 2. The lowest BCUT2D eigenvalue weighted by molar-refractivity contribution is 0.132. The molecule has 0 amide bonds. The number of piperidine rings is 1. The summed E-state index contributed by atoms with van der Waals surface area (Å²) in [5.74, 6) is -0.111. The van der Waals surface area contributed by atoms with E-state index in [1.165, 1.54) is 0 Å². The standard InChI is InChI=1S/C22H26FN3O/c1-16(17-7-3-2-4-8-17)19(23)15-25-13-11-18(12-14-25)26-21-10-6-5-9-20(21)24-22(26)27/h2-10,16,18-19H,11-15H2,1H3,(H,24,27)/t16?,19-/m1/s1. The Morgan fingerprint density at radius 3 is 2.48 bits per heavy atom. The third-order valence-electron chi connectivity index (χ3n) is 5.85. The van der Waals surface area contributed by atoms with Crippen molar-refractivity contribution >= 4 is 11.0 Å². The molecule has 1 fully saturated rings. The predicted molar refractivity (Wildman–Crippen MR) is 107 cm³/mol. The van der Waals surface area contributed by atoms with Crippen molar-refractivity contribution in [2.75, 3.05) is 19.6 Å². The van der Waals surface area contributed by atoms with Gasteiger partial charge >= 0.3 is 5.69 Å². The lowest BCUT2D eigenvalue weighted by Gasteiger charge is -2.34. The molecule has 4 rings (SSSR count). The van der Waals surface area contributed by atoms with Gasteiger partial charge in [-0.25, -0.2) is 9.18 Å². The molecule has 3 aromatic rings. The van der Waals surface area contributed by atoms with Crippen molar-refractivity contribution in [3.8, 4) is 0 Å². The molecule has 4 nitrogen and oxygen atoms in total. The number of hydrogen-bond acceptors (Lipinski definition) is 2. The average Bonchev–Trinajstić information content (AvgIpc) is 3.04. The minimum atomic E-state index is -0.889. The quantitative estimate of drug-likeness (QED) is 0.737. The summed E-state index contributed by atoms with van der Waals surface area (Å²) in [5, 5.41) is 0. The van der Waals surface area contributed by atoms with Crippen LogP contribution < -0.4 is 5.69 Å². The molecule has 5 heteroatoms. The van der Waals surface area contributed by atoms with Crippen LogP contribution in [0.1, 0.15) is 37.3 Å². The highest BCUT2D eigenvalue weighted by Crippen LogP contribution is 2.27. The van der Waals surface area contributed by atoms with Crippen LogP contribution in [0.25, 0.3) is 11.0 Å². The maximum atomic E-state index is 14.8. The van der Waals surface area contributed by atoms with Crippen LogP contribution in [-0.2, 0) is 0 Å². The SMILES string of the molecule is CC(c1ccccc1)[C@H](F)CN1CCC(n2c(=O)[nH]c3ccccc32)CC1. The highest BCUT2D eigenvalue weighted by molar-refractivity contribution is 5.75. The van der Waals surface area contributed by atoms with Crippen LogP contribution >= 0.6 is 0 Å². The van der Waals surface area contributed by atoms with Gasteiger partial charge in [-0.1, -0.05) is 49.4 Å². The summed E-state index contributed by atoms with van der Waals surface area (Å²) in [7, 11) is 0. The number of fused-ring (bicyclic) bond motifs is 1. The van der Waals surface area contributed by atoms with E-state index in [0.717, 1.165) is 42.5 Å². The van der Waals surface area contributed by atoms with Crippen molar-refractivity contribution in [3.63, 3.8) is 0 Å². The maximum Gasteiger partial charge on any atom is 0.326 e. The normalized spacial score (nSPS) is 18.6. The molecule has 142 valence electrons. The molecule has 0 spiro atoms. The number of benzene rings is 2. The lowest BCUT2D eigenvalue weighted by Crippen LogP contribution is -2.40. The number of aromatic amines is 1. The van der Waals surface area contributed by atoms with E-state index in [4.69, 9.17) is 0 Å². The molecule has 0 aliphatic carbocycles. The first-order chi connectivity index (χ1) is 13.1. The van der Waals surface area contributed by atoms with Gasteiger partial charge in [0.05, 0.1) is 11.0 Å². The van der Waals surface area contributed by atoms with Crippen LogP contribution in [0.4, 0.5) is 4.39 Å². The van der Waals surface area contributed by atoms with Crippen molar-refractivity contribution in [1.82, 2.24) is 14.5 Å². The van der Waals surface area contributed by atoms with Gasteiger partial charge < -0.3 is 9.88 Å². The Morgan fingerprint density at radius 1 is 1.07 bits per heavy atom. The van der Waals surface area contributed by atoms with Crippen molar-refractivity contribution in [2.24, 2.45) is 0 Å². The van der Waals surface area contributed by atoms with E-state index in [1.807, 2.05) is 66.1 Å². The molecule has 0 radical (unpaired) electrons. The van der Waals surface area contributed by atoms with Gasteiger partial charge in [-0.05, 0) is 30.5 Å². The molecule has 1 unspecified atom stereocenters. The second kappa shape index (κ2) is 7.69. The van der Waals surface area contributed by atoms with Crippen LogP contribution in [0.3, 0.4) is 0 Å². The summed E-state index contributed by atoms with van der Waals surface area (Å²) < 4.78 is 16.7. The topological polar surface area (TPSA) is 41.0 Å². The molecule has 2 aromatic carbocycles. The molecule has 1 aliphatic rings.